The predicted octanol–water partition coefficient (Wildman–Crippen LogP) is 7.15. The lowest BCUT2D eigenvalue weighted by Gasteiger charge is -2.29. The van der Waals surface area contributed by atoms with E-state index in [2.05, 4.69) is 62.7 Å². The normalized spacial score (nSPS) is 12.1. The van der Waals surface area contributed by atoms with Gasteiger partial charge in [-0.05, 0) is 83.4 Å². The summed E-state index contributed by atoms with van der Waals surface area (Å²) in [5.41, 5.74) is 7.48. The van der Waals surface area contributed by atoms with Gasteiger partial charge in [0, 0.05) is 53.5 Å². The van der Waals surface area contributed by atoms with Crippen LogP contribution in [-0.4, -0.2) is 31.7 Å². The first-order valence-corrected chi connectivity index (χ1v) is 12.9. The zero-order valence-corrected chi connectivity index (χ0v) is 22.4. The Labute approximate surface area is 213 Å². The van der Waals surface area contributed by atoms with Crippen molar-refractivity contribution < 1.29 is 13.9 Å². The molecule has 2 aromatic rings. The maximum absolute atomic E-state index is 13.0. The number of nitrogens with zero attached hydrogens (tertiary/aromatic N) is 2. The molecule has 2 aromatic carbocycles. The van der Waals surface area contributed by atoms with Gasteiger partial charge in [0.05, 0.1) is 17.5 Å². The van der Waals surface area contributed by atoms with Gasteiger partial charge in [-0.2, -0.15) is 0 Å². The molecule has 1 aliphatic heterocycles. The van der Waals surface area contributed by atoms with E-state index >= 15 is 0 Å². The van der Waals surface area contributed by atoms with E-state index in [1.807, 2.05) is 44.2 Å². The van der Waals surface area contributed by atoms with Gasteiger partial charge >= 0.3 is 5.97 Å². The summed E-state index contributed by atoms with van der Waals surface area (Å²) in [6.45, 7) is 16.6. The van der Waals surface area contributed by atoms with Gasteiger partial charge < -0.3 is 14.1 Å². The third kappa shape index (κ3) is 4.62. The Morgan fingerprint density at radius 3 is 2.42 bits per heavy atom. The van der Waals surface area contributed by atoms with Crippen LogP contribution in [0.1, 0.15) is 56.1 Å². The molecular formula is C31H36N2O3. The highest BCUT2D eigenvalue weighted by molar-refractivity contribution is 6.08. The predicted molar refractivity (Wildman–Crippen MR) is 148 cm³/mol. The van der Waals surface area contributed by atoms with Gasteiger partial charge in [0.1, 0.15) is 11.3 Å². The largest absolute Gasteiger partial charge is 0.462 e. The monoisotopic (exact) mass is 484 g/mol. The fourth-order valence-electron chi connectivity index (χ4n) is 5.02. The van der Waals surface area contributed by atoms with Crippen molar-refractivity contribution in [1.29, 1.82) is 0 Å². The highest BCUT2D eigenvalue weighted by Crippen LogP contribution is 2.43. The molecule has 0 saturated heterocycles. The molecule has 4 rings (SSSR count). The highest BCUT2D eigenvalue weighted by Gasteiger charge is 2.24. The van der Waals surface area contributed by atoms with Crippen molar-refractivity contribution in [3.63, 3.8) is 0 Å². The Kier molecular flexibility index (Phi) is 7.48. The Bertz CT molecular complexity index is 1450. The molecule has 0 saturated carbocycles. The molecule has 1 heterocycles. The summed E-state index contributed by atoms with van der Waals surface area (Å²) < 4.78 is 12.0. The minimum atomic E-state index is -0.324. The van der Waals surface area contributed by atoms with Crippen LogP contribution in [0.2, 0.25) is 0 Å². The summed E-state index contributed by atoms with van der Waals surface area (Å²) in [5, 5.41) is 1.89. The van der Waals surface area contributed by atoms with Gasteiger partial charge in [-0.3, -0.25) is 4.99 Å². The molecule has 0 atom stereocenters. The summed E-state index contributed by atoms with van der Waals surface area (Å²) >= 11 is 0. The molecule has 5 nitrogen and oxygen atoms in total. The van der Waals surface area contributed by atoms with Crippen molar-refractivity contribution in [3.8, 4) is 22.5 Å². The summed E-state index contributed by atoms with van der Waals surface area (Å²) in [6, 6.07) is 16.5. The van der Waals surface area contributed by atoms with E-state index < -0.39 is 0 Å². The topological polar surface area (TPSA) is 55.0 Å². The van der Waals surface area contributed by atoms with E-state index in [4.69, 9.17) is 9.15 Å². The second-order valence-corrected chi connectivity index (χ2v) is 9.37. The van der Waals surface area contributed by atoms with Crippen molar-refractivity contribution in [2.45, 2.75) is 54.5 Å². The second-order valence-electron chi connectivity index (χ2n) is 9.37. The minimum absolute atomic E-state index is 0.324. The van der Waals surface area contributed by atoms with Gasteiger partial charge in [-0.25, -0.2) is 4.79 Å². The first kappa shape index (κ1) is 25.5. The molecule has 0 N–H and O–H groups in total. The van der Waals surface area contributed by atoms with Crippen LogP contribution in [0.5, 0.6) is 0 Å². The van der Waals surface area contributed by atoms with Crippen LogP contribution < -0.4 is 10.3 Å². The molecular weight excluding hydrogens is 448 g/mol. The van der Waals surface area contributed by atoms with Gasteiger partial charge in [0.25, 0.3) is 0 Å². The lowest BCUT2D eigenvalue weighted by molar-refractivity contribution is 0.0527. The quantitative estimate of drug-likeness (QED) is 0.206. The van der Waals surface area contributed by atoms with E-state index in [-0.39, 0.29) is 5.97 Å². The molecule has 0 radical (unpaired) electrons. The lowest BCUT2D eigenvalue weighted by atomic mass is 9.89. The number of fused-ring (bicyclic) bond motifs is 2. The Balaban J connectivity index is 2.16. The highest BCUT2D eigenvalue weighted by atomic mass is 16.5. The molecule has 36 heavy (non-hydrogen) atoms. The Hall–Kier alpha value is -3.60. The summed E-state index contributed by atoms with van der Waals surface area (Å²) in [4.78, 5) is 20.0. The molecule has 0 fully saturated rings. The van der Waals surface area contributed by atoms with E-state index in [1.165, 1.54) is 0 Å². The maximum atomic E-state index is 13.0. The van der Waals surface area contributed by atoms with Crippen molar-refractivity contribution in [3.05, 3.63) is 70.6 Å². The van der Waals surface area contributed by atoms with Crippen molar-refractivity contribution in [2.24, 2.45) is 4.99 Å². The smallest absolute Gasteiger partial charge is 0.338 e. The number of benzene rings is 3. The summed E-state index contributed by atoms with van der Waals surface area (Å²) in [6.07, 6.45) is 0. The standard InChI is InChI=1S/C31H36N2O3/c1-8-32-26-17-28-24(15-20(26)6)30(22-13-11-12-14-23(22)31(34)35-10-3)25-16-21(7)27(18-29(25)36-28)33(9-2)19(4)5/h11-19H,8-10H2,1-7H3. The van der Waals surface area contributed by atoms with Crippen LogP contribution in [0.4, 0.5) is 5.69 Å². The SMILES string of the molecule is CCN=c1cc2oc3cc(N(CC)C(C)C)c(C)cc3c(-c3ccccc3C(=O)OCC)c-2cc1C. The van der Waals surface area contributed by atoms with Gasteiger partial charge in [-0.15, -0.1) is 0 Å². The van der Waals surface area contributed by atoms with E-state index in [9.17, 15) is 4.79 Å². The molecule has 0 unspecified atom stereocenters. The molecule has 0 amide bonds. The van der Waals surface area contributed by atoms with Crippen LogP contribution in [0, 0.1) is 13.8 Å². The van der Waals surface area contributed by atoms with E-state index in [0.29, 0.717) is 24.8 Å². The second kappa shape index (κ2) is 10.6. The summed E-state index contributed by atoms with van der Waals surface area (Å²) in [5.74, 6) is 0.422. The Morgan fingerprint density at radius 1 is 1.00 bits per heavy atom. The zero-order chi connectivity index (χ0) is 26.0. The number of carbonyl (C=O) groups excluding carboxylic acids is 1. The fraction of sp³-hybridized carbons (Fsp3) is 0.355. The van der Waals surface area contributed by atoms with Crippen molar-refractivity contribution in [2.75, 3.05) is 24.6 Å². The average Bonchev–Trinajstić information content (AvgIpc) is 2.84. The van der Waals surface area contributed by atoms with Crippen LogP contribution in [0.15, 0.2) is 57.9 Å². The molecule has 0 spiro atoms. The number of hydrogen-bond donors (Lipinski definition) is 0. The lowest BCUT2D eigenvalue weighted by Crippen LogP contribution is -2.30. The molecule has 0 bridgehead atoms. The van der Waals surface area contributed by atoms with Crippen molar-refractivity contribution in [1.82, 2.24) is 0 Å². The first-order valence-electron chi connectivity index (χ1n) is 12.9. The molecule has 5 heteroatoms. The number of hydrogen-bond acceptors (Lipinski definition) is 5. The van der Waals surface area contributed by atoms with E-state index in [0.717, 1.165) is 62.1 Å². The number of aryl methyl sites for hydroxylation is 2. The number of rotatable bonds is 7. The van der Waals surface area contributed by atoms with Crippen molar-refractivity contribution >= 4 is 22.6 Å². The fourth-order valence-corrected chi connectivity index (χ4v) is 5.02. The van der Waals surface area contributed by atoms with Crippen LogP contribution in [0.3, 0.4) is 0 Å². The minimum Gasteiger partial charge on any atom is -0.462 e. The first-order chi connectivity index (χ1) is 17.3. The van der Waals surface area contributed by atoms with Gasteiger partial charge in [0.2, 0.25) is 0 Å². The average molecular weight is 485 g/mol. The number of anilines is 1. The van der Waals surface area contributed by atoms with Gasteiger partial charge in [0.15, 0.2) is 0 Å². The molecule has 188 valence electrons. The zero-order valence-electron chi connectivity index (χ0n) is 22.4. The summed E-state index contributed by atoms with van der Waals surface area (Å²) in [7, 11) is 0. The third-order valence-corrected chi connectivity index (χ3v) is 6.65. The number of carbonyl (C=O) groups is 1. The Morgan fingerprint density at radius 2 is 1.75 bits per heavy atom. The van der Waals surface area contributed by atoms with Crippen LogP contribution in [-0.2, 0) is 4.74 Å². The van der Waals surface area contributed by atoms with Crippen LogP contribution in [0.25, 0.3) is 33.4 Å². The number of esters is 1. The molecule has 1 aliphatic carbocycles. The third-order valence-electron chi connectivity index (χ3n) is 6.65. The van der Waals surface area contributed by atoms with Gasteiger partial charge in [-0.1, -0.05) is 18.2 Å². The number of ether oxygens (including phenoxy) is 1. The molecule has 0 aromatic heterocycles. The maximum Gasteiger partial charge on any atom is 0.338 e. The molecule has 2 aliphatic rings. The van der Waals surface area contributed by atoms with Crippen LogP contribution >= 0.6 is 0 Å². The van der Waals surface area contributed by atoms with E-state index in [1.54, 1.807) is 0 Å².